The molecule has 0 unspecified atom stereocenters. The van der Waals surface area contributed by atoms with E-state index in [0.717, 1.165) is 68.1 Å². The Morgan fingerprint density at radius 1 is 0.759 bits per heavy atom. The van der Waals surface area contributed by atoms with Crippen LogP contribution in [0.3, 0.4) is 0 Å². The molecule has 0 bridgehead atoms. The molecule has 0 atom stereocenters. The van der Waals surface area contributed by atoms with Crippen LogP contribution in [0.1, 0.15) is 66.2 Å². The number of carbonyl (C=O) groups is 3. The van der Waals surface area contributed by atoms with Gasteiger partial charge < -0.3 is 9.84 Å². The van der Waals surface area contributed by atoms with Crippen molar-refractivity contribution in [2.24, 2.45) is 0 Å². The standard InChI is InChI=1S/C24H34O5/c1-19(8-5-9-20(2)11-7-13-22(4)18-25)10-6-12-21(3)16-17-29-24(28)15-14-23(26)27/h9-10,13-16,18H,5-8,11-12,17H2,1-4H3,(H,26,27). The zero-order valence-electron chi connectivity index (χ0n) is 18.1. The van der Waals surface area contributed by atoms with Gasteiger partial charge in [-0.05, 0) is 77.9 Å². The lowest BCUT2D eigenvalue weighted by molar-refractivity contribution is -0.137. The lowest BCUT2D eigenvalue weighted by Crippen LogP contribution is -2.02. The monoisotopic (exact) mass is 402 g/mol. The van der Waals surface area contributed by atoms with Crippen molar-refractivity contribution in [1.82, 2.24) is 0 Å². The van der Waals surface area contributed by atoms with Crippen LogP contribution in [0.4, 0.5) is 0 Å². The molecule has 0 saturated heterocycles. The van der Waals surface area contributed by atoms with Crippen LogP contribution in [-0.2, 0) is 19.1 Å². The largest absolute Gasteiger partial charge is 0.478 e. The van der Waals surface area contributed by atoms with E-state index in [4.69, 9.17) is 9.84 Å². The van der Waals surface area contributed by atoms with Gasteiger partial charge in [-0.25, -0.2) is 9.59 Å². The summed E-state index contributed by atoms with van der Waals surface area (Å²) in [5.41, 5.74) is 4.61. The average Bonchev–Trinajstić information content (AvgIpc) is 2.66. The van der Waals surface area contributed by atoms with Crippen LogP contribution in [0.25, 0.3) is 0 Å². The summed E-state index contributed by atoms with van der Waals surface area (Å²) in [6.07, 6.45) is 16.6. The van der Waals surface area contributed by atoms with E-state index in [1.807, 2.05) is 26.0 Å². The number of esters is 1. The second kappa shape index (κ2) is 16.3. The Balaban J connectivity index is 4.10. The smallest absolute Gasteiger partial charge is 0.331 e. The maximum Gasteiger partial charge on any atom is 0.331 e. The molecule has 0 aromatic rings. The van der Waals surface area contributed by atoms with Crippen LogP contribution in [0, 0.1) is 0 Å². The molecule has 0 fully saturated rings. The molecule has 0 radical (unpaired) electrons. The van der Waals surface area contributed by atoms with Crippen molar-refractivity contribution in [1.29, 1.82) is 0 Å². The van der Waals surface area contributed by atoms with Crippen LogP contribution < -0.4 is 0 Å². The predicted octanol–water partition coefficient (Wildman–Crippen LogP) is 5.50. The topological polar surface area (TPSA) is 80.7 Å². The van der Waals surface area contributed by atoms with Crippen LogP contribution >= 0.6 is 0 Å². The first-order valence-corrected chi connectivity index (χ1v) is 9.91. The van der Waals surface area contributed by atoms with Gasteiger partial charge in [0.2, 0.25) is 0 Å². The maximum absolute atomic E-state index is 11.2. The molecule has 0 aliphatic heterocycles. The summed E-state index contributed by atoms with van der Waals surface area (Å²) >= 11 is 0. The van der Waals surface area contributed by atoms with Gasteiger partial charge in [0, 0.05) is 12.2 Å². The molecule has 0 saturated carbocycles. The van der Waals surface area contributed by atoms with Gasteiger partial charge in [-0.3, -0.25) is 4.79 Å². The van der Waals surface area contributed by atoms with Crippen LogP contribution in [0.5, 0.6) is 0 Å². The Hall–Kier alpha value is -2.69. The molecule has 0 aromatic carbocycles. The molecule has 0 aliphatic carbocycles. The molecule has 160 valence electrons. The quantitative estimate of drug-likeness (QED) is 0.180. The molecule has 1 N–H and O–H groups in total. The summed E-state index contributed by atoms with van der Waals surface area (Å²) in [5.74, 6) is -1.84. The summed E-state index contributed by atoms with van der Waals surface area (Å²) < 4.78 is 4.91. The Kier molecular flexibility index (Phi) is 14.8. The van der Waals surface area contributed by atoms with Gasteiger partial charge >= 0.3 is 11.9 Å². The minimum atomic E-state index is -1.18. The zero-order chi connectivity index (χ0) is 22.1. The first-order chi connectivity index (χ1) is 13.7. The van der Waals surface area contributed by atoms with E-state index in [-0.39, 0.29) is 6.61 Å². The number of allylic oxidation sites excluding steroid dienone is 7. The summed E-state index contributed by atoms with van der Waals surface area (Å²) in [4.78, 5) is 32.1. The highest BCUT2D eigenvalue weighted by atomic mass is 16.5. The van der Waals surface area contributed by atoms with Gasteiger partial charge in [0.25, 0.3) is 0 Å². The van der Waals surface area contributed by atoms with E-state index in [1.165, 1.54) is 11.1 Å². The van der Waals surface area contributed by atoms with Crippen molar-refractivity contribution in [2.45, 2.75) is 66.2 Å². The third-order valence-corrected chi connectivity index (χ3v) is 4.27. The molecular formula is C24H34O5. The number of hydrogen-bond acceptors (Lipinski definition) is 4. The molecule has 0 spiro atoms. The fourth-order valence-corrected chi connectivity index (χ4v) is 2.43. The highest BCUT2D eigenvalue weighted by molar-refractivity contribution is 5.90. The number of carbonyl (C=O) groups excluding carboxylic acids is 2. The van der Waals surface area contributed by atoms with Gasteiger partial charge in [-0.15, -0.1) is 0 Å². The number of carboxylic acids is 1. The van der Waals surface area contributed by atoms with Crippen molar-refractivity contribution in [3.63, 3.8) is 0 Å². The highest BCUT2D eigenvalue weighted by Gasteiger charge is 1.97. The maximum atomic E-state index is 11.2. The number of rotatable bonds is 14. The third-order valence-electron chi connectivity index (χ3n) is 4.27. The Morgan fingerprint density at radius 3 is 1.72 bits per heavy atom. The number of carboxylic acid groups (broad SMARTS) is 1. The number of aldehydes is 1. The second-order valence-corrected chi connectivity index (χ2v) is 7.14. The van der Waals surface area contributed by atoms with Crippen molar-refractivity contribution < 1.29 is 24.2 Å². The summed E-state index contributed by atoms with van der Waals surface area (Å²) in [6, 6.07) is 0. The minimum Gasteiger partial charge on any atom is -0.478 e. The van der Waals surface area contributed by atoms with Crippen molar-refractivity contribution in [3.8, 4) is 0 Å². The van der Waals surface area contributed by atoms with Gasteiger partial charge in [-0.1, -0.05) is 34.9 Å². The van der Waals surface area contributed by atoms with Gasteiger partial charge in [0.05, 0.1) is 0 Å². The fraction of sp³-hybridized carbons (Fsp3) is 0.458. The molecule has 5 heteroatoms. The molecule has 0 heterocycles. The van der Waals surface area contributed by atoms with Crippen LogP contribution in [0.15, 0.2) is 58.7 Å². The fourth-order valence-electron chi connectivity index (χ4n) is 2.43. The first kappa shape index (κ1) is 26.3. The number of aliphatic carboxylic acids is 1. The van der Waals surface area contributed by atoms with Gasteiger partial charge in [0.1, 0.15) is 12.9 Å². The van der Waals surface area contributed by atoms with E-state index < -0.39 is 11.9 Å². The van der Waals surface area contributed by atoms with Gasteiger partial charge in [0.15, 0.2) is 0 Å². The van der Waals surface area contributed by atoms with Crippen molar-refractivity contribution >= 4 is 18.2 Å². The molecule has 0 aliphatic rings. The molecule has 29 heavy (non-hydrogen) atoms. The van der Waals surface area contributed by atoms with E-state index in [2.05, 4.69) is 26.0 Å². The normalized spacial score (nSPS) is 13.7. The molecular weight excluding hydrogens is 368 g/mol. The van der Waals surface area contributed by atoms with E-state index in [0.29, 0.717) is 0 Å². The second-order valence-electron chi connectivity index (χ2n) is 7.14. The lowest BCUT2D eigenvalue weighted by Gasteiger charge is -2.03. The molecule has 5 nitrogen and oxygen atoms in total. The van der Waals surface area contributed by atoms with Crippen molar-refractivity contribution in [3.05, 3.63) is 58.7 Å². The zero-order valence-corrected chi connectivity index (χ0v) is 18.1. The molecule has 0 amide bonds. The molecule has 0 rings (SSSR count). The van der Waals surface area contributed by atoms with Crippen LogP contribution in [-0.4, -0.2) is 29.9 Å². The number of hydrogen-bond donors (Lipinski definition) is 1. The predicted molar refractivity (Wildman–Crippen MR) is 117 cm³/mol. The highest BCUT2D eigenvalue weighted by Crippen LogP contribution is 2.13. The Labute approximate surface area is 174 Å². The number of ether oxygens (including phenoxy) is 1. The van der Waals surface area contributed by atoms with E-state index in [1.54, 1.807) is 0 Å². The van der Waals surface area contributed by atoms with Crippen LogP contribution in [0.2, 0.25) is 0 Å². The average molecular weight is 403 g/mol. The lowest BCUT2D eigenvalue weighted by atomic mass is 10.0. The van der Waals surface area contributed by atoms with E-state index >= 15 is 0 Å². The van der Waals surface area contributed by atoms with Crippen molar-refractivity contribution in [2.75, 3.05) is 6.61 Å². The Morgan fingerprint density at radius 2 is 1.24 bits per heavy atom. The van der Waals surface area contributed by atoms with Gasteiger partial charge in [-0.2, -0.15) is 0 Å². The Bertz CT molecular complexity index is 690. The third kappa shape index (κ3) is 17.2. The molecule has 0 aromatic heterocycles. The SMILES string of the molecule is CC(C=O)=CCCC(C)=CCCC(C)=CCCC(C)=CCOC(=O)C=CC(=O)O. The van der Waals surface area contributed by atoms with E-state index in [9.17, 15) is 14.4 Å². The first-order valence-electron chi connectivity index (χ1n) is 9.91. The minimum absolute atomic E-state index is 0.142. The summed E-state index contributed by atoms with van der Waals surface area (Å²) in [6.45, 7) is 8.21. The summed E-state index contributed by atoms with van der Waals surface area (Å²) in [5, 5.41) is 8.43. The summed E-state index contributed by atoms with van der Waals surface area (Å²) in [7, 11) is 0.